The molecule has 2 aliphatic heterocycles. The number of nitro benzene ring substituents is 1. The highest BCUT2D eigenvalue weighted by atomic mass is 16.6. The molecule has 0 bridgehead atoms. The van der Waals surface area contributed by atoms with Crippen molar-refractivity contribution in [3.05, 3.63) is 80.9 Å². The van der Waals surface area contributed by atoms with Crippen LogP contribution in [0.2, 0.25) is 0 Å². The zero-order chi connectivity index (χ0) is 20.5. The van der Waals surface area contributed by atoms with Crippen LogP contribution in [-0.2, 0) is 10.3 Å². The van der Waals surface area contributed by atoms with Crippen molar-refractivity contribution in [2.75, 3.05) is 5.73 Å². The number of aromatic hydroxyl groups is 2. The molecule has 3 aromatic rings. The number of phenols is 2. The van der Waals surface area contributed by atoms with Gasteiger partial charge in [0.15, 0.2) is 5.60 Å². The number of hydrogen-bond acceptors (Lipinski definition) is 8. The summed E-state index contributed by atoms with van der Waals surface area (Å²) in [6.45, 7) is 0. The molecule has 0 atom stereocenters. The number of nitrogens with two attached hydrogens (primary N) is 1. The zero-order valence-electron chi connectivity index (χ0n) is 14.6. The Morgan fingerprint density at radius 2 is 1.48 bits per heavy atom. The van der Waals surface area contributed by atoms with Crippen LogP contribution in [-0.4, -0.2) is 21.1 Å². The fraction of sp³-hybridized carbons (Fsp3) is 0.0500. The molecular weight excluding hydrogens is 380 g/mol. The highest BCUT2D eigenvalue weighted by Gasteiger charge is 2.55. The summed E-state index contributed by atoms with van der Waals surface area (Å²) in [7, 11) is 0. The summed E-state index contributed by atoms with van der Waals surface area (Å²) in [4.78, 5) is 23.4. The number of nitrogen functional groups attached to an aromatic ring is 1. The molecule has 0 aromatic heterocycles. The Balaban J connectivity index is 1.90. The lowest BCUT2D eigenvalue weighted by Crippen LogP contribution is -2.32. The zero-order valence-corrected chi connectivity index (χ0v) is 14.6. The SMILES string of the molecule is Nc1c([N+](=O)[O-])ccc2c1C(=O)OC21c2ccc(O)cc2Oc2cc(O)ccc21. The second kappa shape index (κ2) is 5.38. The molecule has 0 radical (unpaired) electrons. The third kappa shape index (κ3) is 2.06. The van der Waals surface area contributed by atoms with Crippen LogP contribution in [0.25, 0.3) is 0 Å². The fourth-order valence-electron chi connectivity index (χ4n) is 3.96. The van der Waals surface area contributed by atoms with Gasteiger partial charge in [-0.15, -0.1) is 0 Å². The van der Waals surface area contributed by atoms with Crippen molar-refractivity contribution in [3.63, 3.8) is 0 Å². The van der Waals surface area contributed by atoms with Gasteiger partial charge < -0.3 is 25.4 Å². The Hall–Kier alpha value is -4.27. The van der Waals surface area contributed by atoms with Crippen LogP contribution in [0, 0.1) is 10.1 Å². The van der Waals surface area contributed by atoms with Gasteiger partial charge in [-0.3, -0.25) is 10.1 Å². The first-order valence-corrected chi connectivity index (χ1v) is 8.48. The van der Waals surface area contributed by atoms with Crippen LogP contribution in [0.1, 0.15) is 27.0 Å². The first-order valence-electron chi connectivity index (χ1n) is 8.48. The number of nitrogens with zero attached hydrogens (tertiary/aromatic N) is 1. The molecule has 2 heterocycles. The number of hydrogen-bond donors (Lipinski definition) is 3. The van der Waals surface area contributed by atoms with E-state index in [9.17, 15) is 25.1 Å². The molecule has 4 N–H and O–H groups in total. The van der Waals surface area contributed by atoms with E-state index in [-0.39, 0.29) is 34.2 Å². The molecular formula is C20H12N2O7. The number of fused-ring (bicyclic) bond motifs is 6. The smallest absolute Gasteiger partial charge is 0.342 e. The van der Waals surface area contributed by atoms with Gasteiger partial charge in [-0.05, 0) is 30.3 Å². The lowest BCUT2D eigenvalue weighted by molar-refractivity contribution is -0.383. The molecule has 2 aliphatic rings. The summed E-state index contributed by atoms with van der Waals surface area (Å²) in [5, 5.41) is 31.0. The monoisotopic (exact) mass is 392 g/mol. The summed E-state index contributed by atoms with van der Waals surface area (Å²) in [5.41, 5.74) is 4.80. The van der Waals surface area contributed by atoms with Gasteiger partial charge in [0.05, 0.1) is 10.5 Å². The number of carbonyl (C=O) groups is 1. The maximum atomic E-state index is 12.8. The lowest BCUT2D eigenvalue weighted by atomic mass is 9.77. The second-order valence-corrected chi connectivity index (χ2v) is 6.71. The fourth-order valence-corrected chi connectivity index (χ4v) is 3.96. The molecule has 0 unspecified atom stereocenters. The predicted molar refractivity (Wildman–Crippen MR) is 99.1 cm³/mol. The Kier molecular flexibility index (Phi) is 3.13. The molecule has 0 saturated heterocycles. The number of rotatable bonds is 1. The number of esters is 1. The lowest BCUT2D eigenvalue weighted by Gasteiger charge is -2.36. The van der Waals surface area contributed by atoms with E-state index >= 15 is 0 Å². The van der Waals surface area contributed by atoms with Crippen molar-refractivity contribution < 1.29 is 29.4 Å². The first-order chi connectivity index (χ1) is 13.8. The van der Waals surface area contributed by atoms with E-state index in [1.165, 1.54) is 36.4 Å². The maximum absolute atomic E-state index is 12.8. The van der Waals surface area contributed by atoms with Gasteiger partial charge in [-0.2, -0.15) is 0 Å². The molecule has 9 heteroatoms. The summed E-state index contributed by atoms with van der Waals surface area (Å²) >= 11 is 0. The van der Waals surface area contributed by atoms with Gasteiger partial charge in [-0.25, -0.2) is 4.79 Å². The summed E-state index contributed by atoms with van der Waals surface area (Å²) in [6.07, 6.45) is 0. The van der Waals surface area contributed by atoms with Crippen molar-refractivity contribution in [1.29, 1.82) is 0 Å². The van der Waals surface area contributed by atoms with E-state index < -0.39 is 22.2 Å². The Morgan fingerprint density at radius 1 is 0.931 bits per heavy atom. The standard InChI is InChI=1S/C20H12N2O7/c21-18-14(22(26)27)6-5-13-17(18)19(25)29-20(13)11-3-1-9(23)7-15(11)28-16-8-10(24)2-4-12(16)20/h1-8,23-24H,21H2. The van der Waals surface area contributed by atoms with E-state index in [2.05, 4.69) is 0 Å². The summed E-state index contributed by atoms with van der Waals surface area (Å²) < 4.78 is 11.6. The quantitative estimate of drug-likeness (QED) is 0.248. The number of nitro groups is 1. The van der Waals surface area contributed by atoms with Gasteiger partial charge in [0.1, 0.15) is 28.7 Å². The second-order valence-electron chi connectivity index (χ2n) is 6.71. The normalized spacial score (nSPS) is 15.1. The number of carbonyl (C=O) groups excluding carboxylic acids is 1. The van der Waals surface area contributed by atoms with Crippen LogP contribution in [0.15, 0.2) is 48.5 Å². The average Bonchev–Trinajstić information content (AvgIpc) is 2.95. The van der Waals surface area contributed by atoms with Crippen molar-refractivity contribution >= 4 is 17.3 Å². The van der Waals surface area contributed by atoms with Gasteiger partial charge in [-0.1, -0.05) is 0 Å². The largest absolute Gasteiger partial charge is 0.508 e. The molecule has 5 rings (SSSR count). The van der Waals surface area contributed by atoms with Gasteiger partial charge in [0, 0.05) is 34.9 Å². The number of ether oxygens (including phenoxy) is 2. The van der Waals surface area contributed by atoms with Crippen molar-refractivity contribution in [2.45, 2.75) is 5.60 Å². The van der Waals surface area contributed by atoms with Gasteiger partial charge in [0.2, 0.25) is 0 Å². The molecule has 0 amide bonds. The minimum atomic E-state index is -1.50. The highest BCUT2D eigenvalue weighted by molar-refractivity contribution is 6.03. The first kappa shape index (κ1) is 16.9. The Morgan fingerprint density at radius 3 is 2.03 bits per heavy atom. The number of benzene rings is 3. The van der Waals surface area contributed by atoms with Crippen LogP contribution in [0.3, 0.4) is 0 Å². The number of phenolic OH excluding ortho intramolecular Hbond substituents is 2. The van der Waals surface area contributed by atoms with E-state index in [0.29, 0.717) is 16.7 Å². The summed E-state index contributed by atoms with van der Waals surface area (Å²) in [6, 6.07) is 11.3. The predicted octanol–water partition coefficient (Wildman–Crippen LogP) is 3.16. The van der Waals surface area contributed by atoms with E-state index in [1.807, 2.05) is 0 Å². The van der Waals surface area contributed by atoms with Crippen LogP contribution in [0.4, 0.5) is 11.4 Å². The van der Waals surface area contributed by atoms with E-state index in [1.54, 1.807) is 12.1 Å². The molecule has 0 aliphatic carbocycles. The van der Waals surface area contributed by atoms with Gasteiger partial charge in [0.25, 0.3) is 5.69 Å². The third-order valence-corrected chi connectivity index (χ3v) is 5.16. The van der Waals surface area contributed by atoms with E-state index in [4.69, 9.17) is 15.2 Å². The van der Waals surface area contributed by atoms with Crippen LogP contribution < -0.4 is 10.5 Å². The molecule has 144 valence electrons. The third-order valence-electron chi connectivity index (χ3n) is 5.16. The van der Waals surface area contributed by atoms with Crippen molar-refractivity contribution in [1.82, 2.24) is 0 Å². The van der Waals surface area contributed by atoms with Gasteiger partial charge >= 0.3 is 5.97 Å². The maximum Gasteiger partial charge on any atom is 0.342 e. The van der Waals surface area contributed by atoms with Crippen LogP contribution >= 0.6 is 0 Å². The average molecular weight is 392 g/mol. The Labute approximate surface area is 162 Å². The minimum absolute atomic E-state index is 0.0738. The molecule has 1 spiro atoms. The summed E-state index contributed by atoms with van der Waals surface area (Å²) in [5.74, 6) is -0.548. The topological polar surface area (TPSA) is 145 Å². The number of anilines is 1. The molecule has 0 saturated carbocycles. The molecule has 0 fully saturated rings. The Bertz CT molecular complexity index is 1200. The minimum Gasteiger partial charge on any atom is -0.508 e. The van der Waals surface area contributed by atoms with E-state index in [0.717, 1.165) is 0 Å². The highest BCUT2D eigenvalue weighted by Crippen LogP contribution is 2.58. The molecule has 9 nitrogen and oxygen atoms in total. The van der Waals surface area contributed by atoms with Crippen molar-refractivity contribution in [3.8, 4) is 23.0 Å². The van der Waals surface area contributed by atoms with Crippen LogP contribution in [0.5, 0.6) is 23.0 Å². The van der Waals surface area contributed by atoms with Crippen molar-refractivity contribution in [2.24, 2.45) is 0 Å². The molecule has 29 heavy (non-hydrogen) atoms. The molecule has 3 aromatic carbocycles.